The van der Waals surface area contributed by atoms with Crippen molar-refractivity contribution in [2.45, 2.75) is 25.4 Å². The molecule has 1 aliphatic rings. The Labute approximate surface area is 117 Å². The number of nitrogens with one attached hydrogen (secondary N) is 1. The van der Waals surface area contributed by atoms with Crippen LogP contribution in [-0.4, -0.2) is 26.9 Å². The molecular formula is C15H17N3O2. The number of para-hydroxylation sites is 1. The molecule has 1 saturated carbocycles. The first-order valence-electron chi connectivity index (χ1n) is 6.80. The number of hydrogen-bond donors (Lipinski definition) is 2. The molecular weight excluding hydrogens is 254 g/mol. The van der Waals surface area contributed by atoms with Crippen molar-refractivity contribution < 1.29 is 9.90 Å². The lowest BCUT2D eigenvalue weighted by Gasteiger charge is -2.34. The Bertz CT molecular complexity index is 595. The molecule has 1 heterocycles. The zero-order valence-corrected chi connectivity index (χ0v) is 11.1. The Morgan fingerprint density at radius 3 is 2.85 bits per heavy atom. The number of rotatable bonds is 5. The summed E-state index contributed by atoms with van der Waals surface area (Å²) in [5.74, 6) is -0.944. The highest BCUT2D eigenvalue weighted by Crippen LogP contribution is 2.28. The molecule has 0 bridgehead atoms. The highest BCUT2D eigenvalue weighted by atomic mass is 16.4. The van der Waals surface area contributed by atoms with Gasteiger partial charge in [-0.15, -0.1) is 0 Å². The second-order valence-corrected chi connectivity index (χ2v) is 5.09. The number of hydrogen-bond acceptors (Lipinski definition) is 3. The van der Waals surface area contributed by atoms with E-state index in [-0.39, 0.29) is 12.0 Å². The second kappa shape index (κ2) is 5.46. The van der Waals surface area contributed by atoms with Gasteiger partial charge < -0.3 is 10.4 Å². The third-order valence-electron chi connectivity index (χ3n) is 3.89. The van der Waals surface area contributed by atoms with Gasteiger partial charge in [0.15, 0.2) is 0 Å². The summed E-state index contributed by atoms with van der Waals surface area (Å²) in [5.41, 5.74) is 2.14. The minimum atomic E-state index is -0.700. The number of aliphatic carboxylic acids is 1. The Hall–Kier alpha value is -2.14. The van der Waals surface area contributed by atoms with Gasteiger partial charge in [0.1, 0.15) is 0 Å². The van der Waals surface area contributed by atoms with Crippen molar-refractivity contribution in [3.8, 4) is 5.69 Å². The minimum Gasteiger partial charge on any atom is -0.481 e. The van der Waals surface area contributed by atoms with Crippen LogP contribution in [0.15, 0.2) is 42.7 Å². The average Bonchev–Trinajstić information content (AvgIpc) is 2.91. The molecule has 2 atom stereocenters. The maximum Gasteiger partial charge on any atom is 0.308 e. The minimum absolute atomic E-state index is 0.0816. The molecule has 5 nitrogen and oxygen atoms in total. The fourth-order valence-electron chi connectivity index (χ4n) is 2.58. The highest BCUT2D eigenvalue weighted by Gasteiger charge is 2.36. The fourth-order valence-corrected chi connectivity index (χ4v) is 2.58. The molecule has 2 unspecified atom stereocenters. The molecule has 5 heteroatoms. The molecule has 1 fully saturated rings. The standard InChI is InChI=1S/C15H17N3O2/c19-15(20)12-6-7-13(12)16-10-11-4-1-2-5-14(11)18-9-3-8-17-18/h1-5,8-9,12-13,16H,6-7,10H2,(H,19,20). The number of nitrogens with zero attached hydrogens (tertiary/aromatic N) is 2. The molecule has 104 valence electrons. The van der Waals surface area contributed by atoms with Crippen molar-refractivity contribution >= 4 is 5.97 Å². The van der Waals surface area contributed by atoms with Gasteiger partial charge in [-0.2, -0.15) is 5.10 Å². The van der Waals surface area contributed by atoms with Crippen LogP contribution in [0.2, 0.25) is 0 Å². The van der Waals surface area contributed by atoms with E-state index in [1.807, 2.05) is 41.2 Å². The lowest BCUT2D eigenvalue weighted by Crippen LogP contribution is -2.47. The van der Waals surface area contributed by atoms with Gasteiger partial charge in [-0.1, -0.05) is 18.2 Å². The van der Waals surface area contributed by atoms with Crippen LogP contribution >= 0.6 is 0 Å². The molecule has 0 radical (unpaired) electrons. The first-order chi connectivity index (χ1) is 9.75. The van der Waals surface area contributed by atoms with Crippen LogP contribution in [-0.2, 0) is 11.3 Å². The van der Waals surface area contributed by atoms with Crippen molar-refractivity contribution in [3.05, 3.63) is 48.3 Å². The molecule has 0 spiro atoms. The molecule has 0 amide bonds. The first kappa shape index (κ1) is 12.9. The fraction of sp³-hybridized carbons (Fsp3) is 0.333. The van der Waals surface area contributed by atoms with E-state index in [4.69, 9.17) is 5.11 Å². The summed E-state index contributed by atoms with van der Waals surface area (Å²) in [6, 6.07) is 9.98. The topological polar surface area (TPSA) is 67.2 Å². The molecule has 20 heavy (non-hydrogen) atoms. The number of benzene rings is 1. The van der Waals surface area contributed by atoms with Crippen molar-refractivity contribution in [2.75, 3.05) is 0 Å². The van der Waals surface area contributed by atoms with Gasteiger partial charge in [0.05, 0.1) is 11.6 Å². The molecule has 0 aliphatic heterocycles. The number of aromatic nitrogens is 2. The van der Waals surface area contributed by atoms with Gasteiger partial charge in [-0.05, 0) is 30.5 Å². The maximum absolute atomic E-state index is 11.0. The first-order valence-corrected chi connectivity index (χ1v) is 6.80. The van der Waals surface area contributed by atoms with Gasteiger partial charge >= 0.3 is 5.97 Å². The lowest BCUT2D eigenvalue weighted by molar-refractivity contribution is -0.146. The summed E-state index contributed by atoms with van der Waals surface area (Å²) >= 11 is 0. The summed E-state index contributed by atoms with van der Waals surface area (Å²) in [4.78, 5) is 11.0. The molecule has 2 N–H and O–H groups in total. The third-order valence-corrected chi connectivity index (χ3v) is 3.89. The third kappa shape index (κ3) is 2.44. The van der Waals surface area contributed by atoms with Crippen LogP contribution in [0.25, 0.3) is 5.69 Å². The summed E-state index contributed by atoms with van der Waals surface area (Å²) in [7, 11) is 0. The van der Waals surface area contributed by atoms with Gasteiger partial charge in [0.25, 0.3) is 0 Å². The zero-order chi connectivity index (χ0) is 13.9. The van der Waals surface area contributed by atoms with E-state index < -0.39 is 5.97 Å². The van der Waals surface area contributed by atoms with E-state index in [0.717, 1.165) is 24.1 Å². The molecule has 1 aromatic heterocycles. The van der Waals surface area contributed by atoms with Crippen LogP contribution in [0, 0.1) is 5.92 Å². The maximum atomic E-state index is 11.0. The quantitative estimate of drug-likeness (QED) is 0.870. The van der Waals surface area contributed by atoms with Crippen LogP contribution in [0.4, 0.5) is 0 Å². The van der Waals surface area contributed by atoms with E-state index >= 15 is 0 Å². The smallest absolute Gasteiger partial charge is 0.308 e. The average molecular weight is 271 g/mol. The SMILES string of the molecule is O=C(O)C1CCC1NCc1ccccc1-n1cccn1. The largest absolute Gasteiger partial charge is 0.481 e. The monoisotopic (exact) mass is 271 g/mol. The Balaban J connectivity index is 1.71. The predicted molar refractivity (Wildman–Crippen MR) is 74.6 cm³/mol. The molecule has 0 saturated heterocycles. The highest BCUT2D eigenvalue weighted by molar-refractivity contribution is 5.72. The summed E-state index contributed by atoms with van der Waals surface area (Å²) in [5, 5.41) is 16.6. The molecule has 2 aromatic rings. The summed E-state index contributed by atoms with van der Waals surface area (Å²) in [6.45, 7) is 0.657. The van der Waals surface area contributed by atoms with Gasteiger partial charge in [0, 0.05) is 25.0 Å². The van der Waals surface area contributed by atoms with E-state index in [2.05, 4.69) is 10.4 Å². The molecule has 3 rings (SSSR count). The van der Waals surface area contributed by atoms with Crippen molar-refractivity contribution in [1.82, 2.24) is 15.1 Å². The van der Waals surface area contributed by atoms with Crippen LogP contribution in [0.1, 0.15) is 18.4 Å². The van der Waals surface area contributed by atoms with E-state index in [1.54, 1.807) is 6.20 Å². The van der Waals surface area contributed by atoms with E-state index in [1.165, 1.54) is 0 Å². The predicted octanol–water partition coefficient (Wildman–Crippen LogP) is 1.83. The van der Waals surface area contributed by atoms with Crippen LogP contribution in [0.5, 0.6) is 0 Å². The van der Waals surface area contributed by atoms with Crippen LogP contribution < -0.4 is 5.32 Å². The normalized spacial score (nSPS) is 21.4. The van der Waals surface area contributed by atoms with Gasteiger partial charge in [0.2, 0.25) is 0 Å². The Morgan fingerprint density at radius 1 is 1.35 bits per heavy atom. The number of carboxylic acids is 1. The Kier molecular flexibility index (Phi) is 3.52. The van der Waals surface area contributed by atoms with Gasteiger partial charge in [-0.3, -0.25) is 4.79 Å². The van der Waals surface area contributed by atoms with Crippen molar-refractivity contribution in [1.29, 1.82) is 0 Å². The van der Waals surface area contributed by atoms with Gasteiger partial charge in [-0.25, -0.2) is 4.68 Å². The second-order valence-electron chi connectivity index (χ2n) is 5.09. The zero-order valence-electron chi connectivity index (χ0n) is 11.1. The number of carboxylic acid groups (broad SMARTS) is 1. The van der Waals surface area contributed by atoms with Crippen molar-refractivity contribution in [3.63, 3.8) is 0 Å². The number of carbonyl (C=O) groups is 1. The van der Waals surface area contributed by atoms with Crippen LogP contribution in [0.3, 0.4) is 0 Å². The summed E-state index contributed by atoms with van der Waals surface area (Å²) < 4.78 is 1.83. The molecule has 1 aromatic carbocycles. The Morgan fingerprint density at radius 2 is 2.20 bits per heavy atom. The van der Waals surface area contributed by atoms with E-state index in [0.29, 0.717) is 6.54 Å². The molecule has 1 aliphatic carbocycles. The lowest BCUT2D eigenvalue weighted by atomic mass is 9.79. The van der Waals surface area contributed by atoms with Crippen molar-refractivity contribution in [2.24, 2.45) is 5.92 Å². The summed E-state index contributed by atoms with van der Waals surface area (Å²) in [6.07, 6.45) is 5.35. The van der Waals surface area contributed by atoms with E-state index in [9.17, 15) is 4.79 Å².